The van der Waals surface area contributed by atoms with Crippen LogP contribution in [0, 0.1) is 225 Å². The third-order valence-corrected chi connectivity index (χ3v) is 33.5. The summed E-state index contributed by atoms with van der Waals surface area (Å²) in [7, 11) is 0. The Morgan fingerprint density at radius 1 is 0.287 bits per heavy atom. The molecule has 0 unspecified atom stereocenters. The van der Waals surface area contributed by atoms with Crippen molar-refractivity contribution in [2.45, 2.75) is 393 Å². The summed E-state index contributed by atoms with van der Waals surface area (Å²) < 4.78 is 288. The minimum atomic E-state index is -3.48. The van der Waals surface area contributed by atoms with Gasteiger partial charge in [-0.15, -0.1) is 0 Å². The predicted octanol–water partition coefficient (Wildman–Crippen LogP) is 43.2. The molecule has 27 heteroatoms. The first kappa shape index (κ1) is 131. The monoisotopic (exact) mass is 2200 g/mol. The van der Waals surface area contributed by atoms with Crippen molar-refractivity contribution >= 4 is 23.2 Å². The highest BCUT2D eigenvalue weighted by molar-refractivity contribution is 6.31. The average Bonchev–Trinajstić information content (AvgIpc) is 0.798. The highest BCUT2D eigenvalue weighted by Crippen LogP contribution is 2.49. The lowest BCUT2D eigenvalue weighted by molar-refractivity contribution is -0.225. The minimum Gasteiger partial charge on any atom is -0.486 e. The minimum absolute atomic E-state index is 0. The molecule has 0 bridgehead atoms. The Bertz CT molecular complexity index is 4960. The van der Waals surface area contributed by atoms with Gasteiger partial charge in [0, 0.05) is 12.8 Å². The molecule has 0 amide bonds. The van der Waals surface area contributed by atoms with E-state index in [-0.39, 0.29) is 86.1 Å². The van der Waals surface area contributed by atoms with Gasteiger partial charge in [-0.2, -0.15) is 30.7 Å². The molecule has 0 aromatic heterocycles. The molecule has 864 valence electrons. The number of halogens is 22. The summed E-state index contributed by atoms with van der Waals surface area (Å²) in [6.45, 7) is 25.6. The molecule has 0 radical (unpaired) electrons. The van der Waals surface area contributed by atoms with Crippen molar-refractivity contribution in [1.29, 1.82) is 0 Å². The van der Waals surface area contributed by atoms with Crippen LogP contribution in [-0.4, -0.2) is 44.8 Å². The first-order valence-corrected chi connectivity index (χ1v) is 55.1. The van der Waals surface area contributed by atoms with Crippen LogP contribution in [0.3, 0.4) is 0 Å². The predicted molar refractivity (Wildman–Crippen MR) is 586 cm³/mol. The lowest BCUT2D eigenvalue weighted by atomic mass is 9.69. The normalized spacial score (nSPS) is 25.3. The van der Waals surface area contributed by atoms with Crippen LogP contribution in [-0.2, 0) is 22.3 Å². The van der Waals surface area contributed by atoms with E-state index in [1.165, 1.54) is 225 Å². The van der Waals surface area contributed by atoms with Gasteiger partial charge < -0.3 is 23.7 Å². The Morgan fingerprint density at radius 3 is 0.853 bits per heavy atom. The summed E-state index contributed by atoms with van der Waals surface area (Å²) in [5, 5.41) is 0.592. The highest BCUT2D eigenvalue weighted by atomic mass is 35.5. The maximum atomic E-state index is 14.5. The van der Waals surface area contributed by atoms with Crippen LogP contribution in [0.25, 0.3) is 0 Å². The molecule has 9 aliphatic rings. The second kappa shape index (κ2) is 65.7. The molecule has 5 nitrogen and oxygen atoms in total. The Balaban J connectivity index is -0.000000854. The second-order valence-electron chi connectivity index (χ2n) is 44.3. The largest absolute Gasteiger partial charge is 0.486 e. The number of ether oxygens (including phenoxy) is 5. The van der Waals surface area contributed by atoms with E-state index in [1.54, 1.807) is 0 Å². The van der Waals surface area contributed by atoms with E-state index in [4.69, 9.17) is 37.4 Å². The molecule has 16 rings (SSSR count). The van der Waals surface area contributed by atoms with Gasteiger partial charge in [0.15, 0.2) is 83.3 Å². The topological polar surface area (TPSA) is 46.2 Å². The van der Waals surface area contributed by atoms with Crippen LogP contribution in [0.1, 0.15) is 370 Å². The van der Waals surface area contributed by atoms with Crippen molar-refractivity contribution in [2.24, 2.45) is 94.7 Å². The van der Waals surface area contributed by atoms with Crippen molar-refractivity contribution in [3.63, 3.8) is 0 Å². The molecule has 150 heavy (non-hydrogen) atoms. The molecule has 0 spiro atoms. The lowest BCUT2D eigenvalue weighted by Crippen LogP contribution is -2.38. The van der Waals surface area contributed by atoms with E-state index < -0.39 is 119 Å². The van der Waals surface area contributed by atoms with Gasteiger partial charge in [-0.1, -0.05) is 256 Å². The fourth-order valence-electron chi connectivity index (χ4n) is 21.8. The van der Waals surface area contributed by atoms with Crippen molar-refractivity contribution in [1.82, 2.24) is 0 Å². The van der Waals surface area contributed by atoms with Gasteiger partial charge in [0.05, 0.1) is 34.1 Å². The van der Waals surface area contributed by atoms with Crippen LogP contribution >= 0.6 is 23.2 Å². The van der Waals surface area contributed by atoms with E-state index in [0.717, 1.165) is 170 Å². The Morgan fingerprint density at radius 2 is 0.533 bits per heavy atom. The van der Waals surface area contributed by atoms with Crippen LogP contribution in [0.4, 0.5) is 87.8 Å². The van der Waals surface area contributed by atoms with Crippen LogP contribution < -0.4 is 14.2 Å². The fraction of sp³-hybridized carbons (Fsp3) is 0.642. The summed E-state index contributed by atoms with van der Waals surface area (Å²) in [6, 6.07) is 19.4. The number of benzene rings is 7. The molecule has 0 atom stereocenters. The first-order valence-electron chi connectivity index (χ1n) is 54.4. The van der Waals surface area contributed by atoms with Crippen LogP contribution in [0.15, 0.2) is 97.1 Å². The number of aryl methyl sites for hydroxylation is 9. The van der Waals surface area contributed by atoms with Crippen LogP contribution in [0.5, 0.6) is 17.2 Å². The van der Waals surface area contributed by atoms with Gasteiger partial charge in [-0.05, 0) is 366 Å². The zero-order valence-electron chi connectivity index (χ0n) is 89.4. The number of alkyl halides is 6. The molecule has 0 N–H and O–H groups in total. The van der Waals surface area contributed by atoms with Crippen LogP contribution in [0.2, 0.25) is 10.0 Å². The second-order valence-corrected chi connectivity index (χ2v) is 45.1. The third-order valence-electron chi connectivity index (χ3n) is 32.6. The summed E-state index contributed by atoms with van der Waals surface area (Å²) in [5.41, 5.74) is 3.85. The molecule has 7 aromatic rings. The molecule has 0 saturated heterocycles. The average molecular weight is 2200 g/mol. The summed E-state index contributed by atoms with van der Waals surface area (Å²) in [5.74, 6) is -6.99. The quantitative estimate of drug-likeness (QED) is 0.0384. The molecular weight excluding hydrogens is 2010 g/mol. The number of allylic oxidation sites excluding steroid dienone is 1. The molecule has 0 aliphatic heterocycles. The van der Waals surface area contributed by atoms with E-state index in [9.17, 15) is 87.8 Å². The Labute approximate surface area is 906 Å². The standard InChI is InChI=1S/C21H28F4O.C17H22F2O.2C16H22ClF.C15H18F4O.C14H25FO.C8H15FO.2C7H5F3.2CH4.9H2/c1-13-3-6-15(7-4-13)16-8-10-17(11-9-16)21(24,25)26-18-12-5-14(2)19(22)20(18)23;1-12-5-8-14(9-6-12)4-3-11-20-15-10-7-13(2)16(18)17(15)19;2*1-11-3-6-13(7-4-11)8-10-14-9-5-12(2)15(17)16(14)18;1-9-3-6-11(7-4-9)15(18,19)20-12-8-5-10(2)13(16)14(12)17;1-11-2-4-12(5-3-11)13-6-8-14(9-7-13)16-10-15;1-7-2-4-8(5-3-7)10-6-9;2*1-4-2-3-5(8)7(10)6(4)9;;;;;;;;;;;/h5,12-13,15-17H,3-4,6-11H2,1-2H3;3-4,7,10,12,14H,5-6,8-9,11H2,1-2H3;2*5,9,11,13H,3-4,6-8,10H2,1-2H3;5,8-9,11H,3-4,6-7H2,1-2H3;11-14H,2-10H2,1H3;7-8H,2-6H2,1H3;2*2-3H,1H3;2*1H4;9*1H/b;4-3+;;;;;;;;;;;;;;;;;;. The number of hydrogen-bond acceptors (Lipinski definition) is 5. The van der Waals surface area contributed by atoms with E-state index in [1.807, 2.05) is 51.1 Å². The molecule has 7 aromatic carbocycles. The third kappa shape index (κ3) is 42.4. The summed E-state index contributed by atoms with van der Waals surface area (Å²) in [6.07, 6.45) is 41.1. The van der Waals surface area contributed by atoms with Crippen molar-refractivity contribution < 1.29 is 124 Å². The van der Waals surface area contributed by atoms with E-state index in [2.05, 4.69) is 57.1 Å². The smallest absolute Gasteiger partial charge is 0.400 e. The maximum absolute atomic E-state index is 14.5. The van der Waals surface area contributed by atoms with Crippen molar-refractivity contribution in [3.8, 4) is 17.2 Å². The molecule has 0 heterocycles. The maximum Gasteiger partial charge on any atom is 0.400 e. The summed E-state index contributed by atoms with van der Waals surface area (Å²) >= 11 is 11.9. The van der Waals surface area contributed by atoms with Gasteiger partial charge in [-0.25, -0.2) is 57.1 Å². The Kier molecular flexibility index (Phi) is 57.6. The van der Waals surface area contributed by atoms with Gasteiger partial charge in [-0.3, -0.25) is 0 Å². The van der Waals surface area contributed by atoms with Gasteiger partial charge in [0.2, 0.25) is 17.5 Å². The zero-order chi connectivity index (χ0) is 109. The lowest BCUT2D eigenvalue weighted by Gasteiger charge is -2.38. The molecule has 9 aliphatic carbocycles. The zero-order valence-corrected chi connectivity index (χ0v) is 90.9. The van der Waals surface area contributed by atoms with Crippen molar-refractivity contribution in [3.05, 3.63) is 239 Å². The highest BCUT2D eigenvalue weighted by Gasteiger charge is 2.47. The van der Waals surface area contributed by atoms with Gasteiger partial charge >= 0.3 is 12.2 Å². The first-order chi connectivity index (χ1) is 70.2. The molecule has 9 saturated carbocycles. The van der Waals surface area contributed by atoms with Crippen molar-refractivity contribution in [2.75, 3.05) is 20.3 Å². The Hall–Kier alpha value is -7.22. The number of hydrogen-bond donors (Lipinski definition) is 0. The fourth-order valence-corrected chi connectivity index (χ4v) is 22.1. The SMILES string of the molecule is C.C.CC1CCC(C2CCC(OCF)CC2)CC1.CC1CCC(OCF)CC1.Cc1ccc(CCC2CCC(C)CC2)c(F)c1Cl.Cc1ccc(CCC2CCC(C)CC2)c(F)c1Cl.Cc1ccc(F)c(F)c1F.Cc1ccc(F)c(F)c1F.Cc1ccc(OC(F)(F)C2CCC(C)CC2)c(F)c1F.Cc1ccc(OC(F)(F)C2CCC(C3CCC(C)CC3)CC2)c(F)c1F.Cc1ccc(OC/C=C/C2CCC(C)CC2)c(F)c1F.[HH].[HH].[HH].[HH].[HH].[HH].[HH].[HH].[HH]. The summed E-state index contributed by atoms with van der Waals surface area (Å²) in [4.78, 5) is 0. The van der Waals surface area contributed by atoms with Gasteiger partial charge in [0.25, 0.3) is 0 Å². The van der Waals surface area contributed by atoms with E-state index >= 15 is 0 Å². The van der Waals surface area contributed by atoms with Gasteiger partial charge in [0.1, 0.15) is 18.2 Å². The molecule has 9 fully saturated rings. The number of rotatable bonds is 22. The van der Waals surface area contributed by atoms with E-state index in [0.29, 0.717) is 77.8 Å². The molecular formula is C123H188Cl2F20O5.